The molecule has 0 bridgehead atoms. The number of hydrogen-bond donors (Lipinski definition) is 2. The molecule has 0 spiro atoms. The predicted molar refractivity (Wildman–Crippen MR) is 151 cm³/mol. The molecule has 2 atom stereocenters. The largest absolute Gasteiger partial charge is 0.493 e. The second-order valence-corrected chi connectivity index (χ2v) is 11.9. The van der Waals surface area contributed by atoms with E-state index in [0.29, 0.717) is 54.2 Å². The van der Waals surface area contributed by atoms with Crippen LogP contribution in [0.2, 0.25) is 0 Å². The molecule has 6 nitrogen and oxygen atoms in total. The number of rotatable bonds is 9. The summed E-state index contributed by atoms with van der Waals surface area (Å²) in [7, 11) is 0. The lowest BCUT2D eigenvalue weighted by Gasteiger charge is -2.21. The lowest BCUT2D eigenvalue weighted by molar-refractivity contribution is -0.138. The molecule has 1 aliphatic carbocycles. The van der Waals surface area contributed by atoms with Gasteiger partial charge in [0, 0.05) is 24.0 Å². The Morgan fingerprint density at radius 3 is 2.38 bits per heavy atom. The molecule has 1 heterocycles. The average Bonchev–Trinajstić information content (AvgIpc) is 3.46. The number of benzene rings is 3. The minimum Gasteiger partial charge on any atom is -0.493 e. The second kappa shape index (κ2) is 11.2. The van der Waals surface area contributed by atoms with E-state index < -0.39 is 29.4 Å². The van der Waals surface area contributed by atoms with Gasteiger partial charge in [-0.3, -0.25) is 4.79 Å². The van der Waals surface area contributed by atoms with E-state index in [9.17, 15) is 23.1 Å². The third-order valence-electron chi connectivity index (χ3n) is 7.94. The molecule has 3 aromatic carbocycles. The van der Waals surface area contributed by atoms with Crippen molar-refractivity contribution in [3.05, 3.63) is 75.8 Å². The van der Waals surface area contributed by atoms with Crippen molar-refractivity contribution in [2.75, 3.05) is 13.2 Å². The topological polar surface area (TPSA) is 85.2 Å². The van der Waals surface area contributed by atoms with Crippen molar-refractivity contribution in [1.29, 1.82) is 0 Å². The van der Waals surface area contributed by atoms with Gasteiger partial charge in [-0.2, -0.15) is 13.2 Å². The van der Waals surface area contributed by atoms with Gasteiger partial charge in [-0.15, -0.1) is 0 Å². The van der Waals surface area contributed by atoms with Crippen LogP contribution in [0.4, 0.5) is 13.2 Å². The van der Waals surface area contributed by atoms with Gasteiger partial charge in [0.1, 0.15) is 23.4 Å². The fraction of sp³-hybridized carbons (Fsp3) is 0.424. The molecule has 0 amide bonds. The monoisotopic (exact) mass is 584 g/mol. The highest BCUT2D eigenvalue weighted by molar-refractivity contribution is 5.77. The highest BCUT2D eigenvalue weighted by Crippen LogP contribution is 2.47. The molecule has 5 rings (SSSR count). The molecule has 2 aliphatic rings. The fourth-order valence-corrected chi connectivity index (χ4v) is 5.93. The van der Waals surface area contributed by atoms with Gasteiger partial charge in [0.2, 0.25) is 0 Å². The van der Waals surface area contributed by atoms with Gasteiger partial charge in [0.15, 0.2) is 0 Å². The Morgan fingerprint density at radius 2 is 1.74 bits per heavy atom. The van der Waals surface area contributed by atoms with Crippen molar-refractivity contribution in [2.45, 2.75) is 77.2 Å². The quantitative estimate of drug-likeness (QED) is 0.270. The molecule has 224 valence electrons. The first kappa shape index (κ1) is 29.8. The van der Waals surface area contributed by atoms with Gasteiger partial charge in [-0.05, 0) is 104 Å². The smallest absolute Gasteiger partial charge is 0.416 e. The zero-order valence-corrected chi connectivity index (χ0v) is 24.1. The molecule has 0 aromatic heterocycles. The Morgan fingerprint density at radius 1 is 1.02 bits per heavy atom. The number of aliphatic hydroxyl groups is 1. The summed E-state index contributed by atoms with van der Waals surface area (Å²) in [5, 5.41) is 19.1. The maximum atomic E-state index is 14.1. The van der Waals surface area contributed by atoms with Crippen LogP contribution in [-0.4, -0.2) is 35.0 Å². The van der Waals surface area contributed by atoms with Crippen LogP contribution in [0, 0.1) is 13.8 Å². The minimum atomic E-state index is -4.54. The molecule has 0 saturated carbocycles. The van der Waals surface area contributed by atoms with Crippen LogP contribution in [0.25, 0.3) is 11.1 Å². The Labute approximate surface area is 243 Å². The number of aliphatic carboxylic acids is 1. The van der Waals surface area contributed by atoms with Gasteiger partial charge in [-0.25, -0.2) is 0 Å². The van der Waals surface area contributed by atoms with Crippen LogP contribution in [0.3, 0.4) is 0 Å². The summed E-state index contributed by atoms with van der Waals surface area (Å²) in [6.45, 7) is 7.71. The molecule has 0 fully saturated rings. The van der Waals surface area contributed by atoms with E-state index in [4.69, 9.17) is 19.3 Å². The van der Waals surface area contributed by atoms with Gasteiger partial charge < -0.3 is 24.4 Å². The van der Waals surface area contributed by atoms with Crippen LogP contribution >= 0.6 is 0 Å². The molecule has 3 aromatic rings. The number of carboxylic acids is 1. The van der Waals surface area contributed by atoms with Gasteiger partial charge in [0.05, 0.1) is 30.8 Å². The number of ether oxygens (including phenoxy) is 3. The Balaban J connectivity index is 1.46. The van der Waals surface area contributed by atoms with E-state index in [2.05, 4.69) is 0 Å². The minimum absolute atomic E-state index is 0.0427. The van der Waals surface area contributed by atoms with Crippen LogP contribution in [0.15, 0.2) is 42.5 Å². The fourth-order valence-electron chi connectivity index (χ4n) is 5.93. The Hall–Kier alpha value is -3.72. The molecule has 0 saturated heterocycles. The molecule has 42 heavy (non-hydrogen) atoms. The zero-order valence-electron chi connectivity index (χ0n) is 24.1. The van der Waals surface area contributed by atoms with Crippen molar-refractivity contribution < 1.29 is 42.4 Å². The molecular weight excluding hydrogens is 549 g/mol. The van der Waals surface area contributed by atoms with Crippen molar-refractivity contribution in [3.63, 3.8) is 0 Å². The Bertz CT molecular complexity index is 1480. The first-order valence-corrected chi connectivity index (χ1v) is 14.1. The number of aryl methyl sites for hydroxylation is 2. The molecule has 9 heteroatoms. The maximum absolute atomic E-state index is 14.1. The molecule has 2 N–H and O–H groups in total. The molecule has 0 radical (unpaired) electrons. The molecular formula is C33H35F3O6. The van der Waals surface area contributed by atoms with E-state index >= 15 is 0 Å². The molecule has 1 aliphatic heterocycles. The summed E-state index contributed by atoms with van der Waals surface area (Å²) in [6.07, 6.45) is -3.66. The molecule has 0 unspecified atom stereocenters. The normalized spacial score (nSPS) is 17.9. The van der Waals surface area contributed by atoms with Crippen LogP contribution < -0.4 is 14.2 Å². The first-order chi connectivity index (χ1) is 19.7. The number of carboxylic acid groups (broad SMARTS) is 1. The number of halogens is 3. The predicted octanol–water partition coefficient (Wildman–Crippen LogP) is 7.55. The van der Waals surface area contributed by atoms with Crippen LogP contribution in [0.1, 0.15) is 78.5 Å². The average molecular weight is 585 g/mol. The maximum Gasteiger partial charge on any atom is 0.416 e. The Kier molecular flexibility index (Phi) is 7.91. The first-order valence-electron chi connectivity index (χ1n) is 14.1. The van der Waals surface area contributed by atoms with E-state index in [-0.39, 0.29) is 18.9 Å². The number of alkyl halides is 3. The highest BCUT2D eigenvalue weighted by Gasteiger charge is 2.36. The second-order valence-electron chi connectivity index (χ2n) is 11.9. The number of hydrogen-bond acceptors (Lipinski definition) is 5. The summed E-state index contributed by atoms with van der Waals surface area (Å²) >= 11 is 0. The van der Waals surface area contributed by atoms with Crippen molar-refractivity contribution in [2.24, 2.45) is 0 Å². The van der Waals surface area contributed by atoms with Gasteiger partial charge >= 0.3 is 12.1 Å². The van der Waals surface area contributed by atoms with Crippen molar-refractivity contribution in [1.82, 2.24) is 0 Å². The van der Waals surface area contributed by atoms with Crippen molar-refractivity contribution >= 4 is 5.97 Å². The lowest BCUT2D eigenvalue weighted by atomic mass is 9.88. The van der Waals surface area contributed by atoms with Crippen LogP contribution in [-0.2, 0) is 17.4 Å². The third kappa shape index (κ3) is 6.36. The van der Waals surface area contributed by atoms with Crippen LogP contribution in [0.5, 0.6) is 17.2 Å². The number of fused-ring (bicyclic) bond motifs is 2. The summed E-state index contributed by atoms with van der Waals surface area (Å²) in [5.41, 5.74) is 3.40. The van der Waals surface area contributed by atoms with Gasteiger partial charge in [-0.1, -0.05) is 6.07 Å². The summed E-state index contributed by atoms with van der Waals surface area (Å²) in [6, 6.07) is 11.3. The van der Waals surface area contributed by atoms with Gasteiger partial charge in [0.25, 0.3) is 0 Å². The SMILES string of the molecule is Cc1cc(OCCC(C)(C)O)cc(C)c1-c1cc(C(F)(F)F)cc2c1CC[C@H]2Oc1ccc2c(c1)OC[C@H]2CC(=O)O. The summed E-state index contributed by atoms with van der Waals surface area (Å²) in [5.74, 6) is 0.445. The lowest BCUT2D eigenvalue weighted by Crippen LogP contribution is -2.21. The van der Waals surface area contributed by atoms with E-state index in [1.807, 2.05) is 26.0 Å². The van der Waals surface area contributed by atoms with E-state index in [0.717, 1.165) is 27.8 Å². The standard InChI is InChI=1S/C33H35F3O6/c1-18-11-23(40-10-9-32(3,4)39)12-19(2)31(18)27-15-21(33(34,35)36)14-26-25(27)7-8-28(26)42-22-5-6-24-20(13-30(37)38)17-41-29(24)16-22/h5-6,11-12,14-16,20,28,39H,7-10,13,17H2,1-4H3,(H,37,38)/t20-,28-/m1/s1. The van der Waals surface area contributed by atoms with Crippen molar-refractivity contribution in [3.8, 4) is 28.4 Å². The third-order valence-corrected chi connectivity index (χ3v) is 7.94. The highest BCUT2D eigenvalue weighted by atomic mass is 19.4. The zero-order chi connectivity index (χ0) is 30.4. The summed E-state index contributed by atoms with van der Waals surface area (Å²) < 4.78 is 60.2. The summed E-state index contributed by atoms with van der Waals surface area (Å²) in [4.78, 5) is 11.2. The number of carbonyl (C=O) groups is 1. The van der Waals surface area contributed by atoms with E-state index in [1.54, 1.807) is 32.0 Å². The van der Waals surface area contributed by atoms with E-state index in [1.165, 1.54) is 12.1 Å².